The summed E-state index contributed by atoms with van der Waals surface area (Å²) < 4.78 is 5.27. The number of aromatic nitrogens is 2. The second kappa shape index (κ2) is 9.27. The first-order chi connectivity index (χ1) is 15.8. The van der Waals surface area contributed by atoms with Crippen molar-refractivity contribution in [1.29, 1.82) is 0 Å². The molecule has 2 heterocycles. The first-order valence-electron chi connectivity index (χ1n) is 11.3. The molecule has 1 fully saturated rings. The van der Waals surface area contributed by atoms with Crippen molar-refractivity contribution in [3.05, 3.63) is 84.4 Å². The van der Waals surface area contributed by atoms with E-state index in [-0.39, 0.29) is 0 Å². The van der Waals surface area contributed by atoms with Crippen LogP contribution in [-0.4, -0.2) is 30.2 Å². The fourth-order valence-electron chi connectivity index (χ4n) is 4.40. The number of anilines is 3. The number of piperidine rings is 1. The third-order valence-corrected chi connectivity index (χ3v) is 6.21. The minimum atomic E-state index is 0.714. The molecule has 5 heteroatoms. The molecule has 0 unspecified atom stereocenters. The van der Waals surface area contributed by atoms with Crippen molar-refractivity contribution in [2.75, 3.05) is 30.4 Å². The van der Waals surface area contributed by atoms with Gasteiger partial charge in [0.15, 0.2) is 0 Å². The maximum Gasteiger partial charge on any atom is 0.227 e. The lowest BCUT2D eigenvalue weighted by molar-refractivity contribution is 0.401. The van der Waals surface area contributed by atoms with E-state index < -0.39 is 0 Å². The second-order valence-corrected chi connectivity index (χ2v) is 8.36. The van der Waals surface area contributed by atoms with Crippen LogP contribution in [0.1, 0.15) is 18.4 Å². The molecule has 0 atom stereocenters. The summed E-state index contributed by atoms with van der Waals surface area (Å²) in [6, 6.07) is 26.9. The molecule has 0 radical (unpaired) electrons. The summed E-state index contributed by atoms with van der Waals surface area (Å²) in [5.41, 5.74) is 3.36. The Morgan fingerprint density at radius 2 is 1.59 bits per heavy atom. The van der Waals surface area contributed by atoms with Crippen molar-refractivity contribution >= 4 is 28.4 Å². The van der Waals surface area contributed by atoms with Crippen molar-refractivity contribution in [3.63, 3.8) is 0 Å². The van der Waals surface area contributed by atoms with Gasteiger partial charge in [0.1, 0.15) is 11.6 Å². The number of fused-ring (bicyclic) bond motifs is 1. The van der Waals surface area contributed by atoms with Crippen LogP contribution in [0.5, 0.6) is 5.75 Å². The monoisotopic (exact) mass is 424 g/mol. The highest BCUT2D eigenvalue weighted by Crippen LogP contribution is 2.29. The highest BCUT2D eigenvalue weighted by molar-refractivity contribution is 5.91. The van der Waals surface area contributed by atoms with Crippen LogP contribution in [0.25, 0.3) is 10.9 Å². The predicted octanol–water partition coefficient (Wildman–Crippen LogP) is 5.84. The molecule has 5 nitrogen and oxygen atoms in total. The molecule has 1 N–H and O–H groups in total. The van der Waals surface area contributed by atoms with E-state index in [0.717, 1.165) is 66.5 Å². The summed E-state index contributed by atoms with van der Waals surface area (Å²) in [6.07, 6.45) is 3.47. The smallest absolute Gasteiger partial charge is 0.227 e. The van der Waals surface area contributed by atoms with Crippen LogP contribution in [0.3, 0.4) is 0 Å². The minimum Gasteiger partial charge on any atom is -0.497 e. The van der Waals surface area contributed by atoms with Crippen molar-refractivity contribution in [2.45, 2.75) is 19.3 Å². The van der Waals surface area contributed by atoms with Gasteiger partial charge in [0, 0.05) is 24.2 Å². The summed E-state index contributed by atoms with van der Waals surface area (Å²) in [4.78, 5) is 12.2. The lowest BCUT2D eigenvalue weighted by Gasteiger charge is -2.32. The van der Waals surface area contributed by atoms with E-state index in [0.29, 0.717) is 5.92 Å². The molecule has 0 spiro atoms. The maximum atomic E-state index is 5.27. The number of benzene rings is 3. The summed E-state index contributed by atoms with van der Waals surface area (Å²) >= 11 is 0. The number of hydrogen-bond acceptors (Lipinski definition) is 5. The van der Waals surface area contributed by atoms with Gasteiger partial charge in [0.05, 0.1) is 12.6 Å². The average molecular weight is 425 g/mol. The van der Waals surface area contributed by atoms with Crippen LogP contribution in [0.2, 0.25) is 0 Å². The number of rotatable bonds is 6. The van der Waals surface area contributed by atoms with Crippen molar-refractivity contribution in [2.24, 2.45) is 5.92 Å². The molecular formula is C27H28N4O. The van der Waals surface area contributed by atoms with Gasteiger partial charge in [-0.15, -0.1) is 0 Å². The Balaban J connectivity index is 1.35. The fraction of sp³-hybridized carbons (Fsp3) is 0.259. The second-order valence-electron chi connectivity index (χ2n) is 8.36. The summed E-state index contributed by atoms with van der Waals surface area (Å²) in [6.45, 7) is 1.97. The Morgan fingerprint density at radius 1 is 0.875 bits per heavy atom. The van der Waals surface area contributed by atoms with Crippen LogP contribution in [-0.2, 0) is 6.42 Å². The van der Waals surface area contributed by atoms with Gasteiger partial charge in [-0.3, -0.25) is 0 Å². The van der Waals surface area contributed by atoms with E-state index >= 15 is 0 Å². The van der Waals surface area contributed by atoms with Gasteiger partial charge in [-0.25, -0.2) is 4.98 Å². The highest BCUT2D eigenvalue weighted by atomic mass is 16.5. The SMILES string of the molecule is COc1ccc(Nc2nc(N3CCC(Cc4ccccc4)CC3)nc3ccccc23)cc1. The van der Waals surface area contributed by atoms with Gasteiger partial charge in [-0.2, -0.15) is 4.98 Å². The lowest BCUT2D eigenvalue weighted by Crippen LogP contribution is -2.35. The van der Waals surface area contributed by atoms with Crippen LogP contribution < -0.4 is 15.0 Å². The van der Waals surface area contributed by atoms with E-state index in [4.69, 9.17) is 14.7 Å². The molecule has 162 valence electrons. The van der Waals surface area contributed by atoms with Gasteiger partial charge in [0.25, 0.3) is 0 Å². The molecule has 0 aliphatic carbocycles. The largest absolute Gasteiger partial charge is 0.497 e. The molecule has 5 rings (SSSR count). The van der Waals surface area contributed by atoms with Gasteiger partial charge >= 0.3 is 0 Å². The van der Waals surface area contributed by atoms with E-state index in [1.807, 2.05) is 36.4 Å². The van der Waals surface area contributed by atoms with Gasteiger partial charge < -0.3 is 15.0 Å². The highest BCUT2D eigenvalue weighted by Gasteiger charge is 2.22. The van der Waals surface area contributed by atoms with Crippen molar-refractivity contribution < 1.29 is 4.74 Å². The Hall–Kier alpha value is -3.60. The van der Waals surface area contributed by atoms with Gasteiger partial charge in [-0.05, 0) is 67.1 Å². The molecule has 0 amide bonds. The summed E-state index contributed by atoms with van der Waals surface area (Å²) in [5, 5.41) is 4.51. The summed E-state index contributed by atoms with van der Waals surface area (Å²) in [5.74, 6) is 3.19. The van der Waals surface area contributed by atoms with Crippen LogP contribution >= 0.6 is 0 Å². The van der Waals surface area contributed by atoms with E-state index in [1.165, 1.54) is 5.56 Å². The van der Waals surface area contributed by atoms with Crippen molar-refractivity contribution in [3.8, 4) is 5.75 Å². The van der Waals surface area contributed by atoms with E-state index in [2.05, 4.69) is 52.7 Å². The molecule has 3 aromatic carbocycles. The Bertz CT molecular complexity index is 1170. The Morgan fingerprint density at radius 3 is 2.34 bits per heavy atom. The van der Waals surface area contributed by atoms with Gasteiger partial charge in [0.2, 0.25) is 5.95 Å². The van der Waals surface area contributed by atoms with Crippen molar-refractivity contribution in [1.82, 2.24) is 9.97 Å². The molecule has 0 saturated carbocycles. The van der Waals surface area contributed by atoms with E-state index in [1.54, 1.807) is 7.11 Å². The first kappa shape index (κ1) is 20.3. The third kappa shape index (κ3) is 4.52. The van der Waals surface area contributed by atoms with E-state index in [9.17, 15) is 0 Å². The quantitative estimate of drug-likeness (QED) is 0.421. The number of nitrogens with zero attached hydrogens (tertiary/aromatic N) is 3. The molecule has 1 saturated heterocycles. The topological polar surface area (TPSA) is 50.3 Å². The molecule has 0 bridgehead atoms. The molecular weight excluding hydrogens is 396 g/mol. The fourth-order valence-corrected chi connectivity index (χ4v) is 4.40. The maximum absolute atomic E-state index is 5.27. The summed E-state index contributed by atoms with van der Waals surface area (Å²) in [7, 11) is 1.68. The number of ether oxygens (including phenoxy) is 1. The standard InChI is InChI=1S/C27H28N4O/c1-32-23-13-11-22(12-14-23)28-26-24-9-5-6-10-25(24)29-27(30-26)31-17-15-21(16-18-31)19-20-7-3-2-4-8-20/h2-14,21H,15-19H2,1H3,(H,28,29,30). The number of para-hydroxylation sites is 1. The first-order valence-corrected chi connectivity index (χ1v) is 11.3. The molecule has 1 aromatic heterocycles. The van der Waals surface area contributed by atoms with Gasteiger partial charge in [-0.1, -0.05) is 42.5 Å². The minimum absolute atomic E-state index is 0.714. The zero-order valence-corrected chi connectivity index (χ0v) is 18.4. The molecule has 1 aliphatic rings. The lowest BCUT2D eigenvalue weighted by atomic mass is 9.90. The molecule has 32 heavy (non-hydrogen) atoms. The molecule has 1 aliphatic heterocycles. The Kier molecular flexibility index (Phi) is 5.88. The zero-order chi connectivity index (χ0) is 21.8. The number of methoxy groups -OCH3 is 1. The Labute approximate surface area is 189 Å². The number of nitrogens with one attached hydrogen (secondary N) is 1. The number of hydrogen-bond donors (Lipinski definition) is 1. The van der Waals surface area contributed by atoms with Crippen LogP contribution in [0, 0.1) is 5.92 Å². The average Bonchev–Trinajstić information content (AvgIpc) is 2.85. The van der Waals surface area contributed by atoms with Crippen LogP contribution in [0.4, 0.5) is 17.5 Å². The zero-order valence-electron chi connectivity index (χ0n) is 18.4. The predicted molar refractivity (Wildman–Crippen MR) is 131 cm³/mol. The van der Waals surface area contributed by atoms with Crippen LogP contribution in [0.15, 0.2) is 78.9 Å². The third-order valence-electron chi connectivity index (χ3n) is 6.21. The normalized spacial score (nSPS) is 14.5. The molecule has 4 aromatic rings.